The van der Waals surface area contributed by atoms with Crippen LogP contribution < -0.4 is 14.8 Å². The first-order valence-electron chi connectivity index (χ1n) is 7.06. The summed E-state index contributed by atoms with van der Waals surface area (Å²) in [5.41, 5.74) is 1.18. The average molecular weight is 304 g/mol. The monoisotopic (exact) mass is 303 g/mol. The summed E-state index contributed by atoms with van der Waals surface area (Å²) < 4.78 is 11.9. The average Bonchev–Trinajstić information content (AvgIpc) is 2.52. The molecular weight excluding hydrogens is 286 g/mol. The molecule has 0 bridgehead atoms. The van der Waals surface area contributed by atoms with E-state index < -0.39 is 0 Å². The summed E-state index contributed by atoms with van der Waals surface area (Å²) >= 11 is 6.05. The fourth-order valence-corrected chi connectivity index (χ4v) is 2.78. The van der Waals surface area contributed by atoms with Crippen molar-refractivity contribution in [3.63, 3.8) is 0 Å². The predicted octanol–water partition coefficient (Wildman–Crippen LogP) is 3.31. The highest BCUT2D eigenvalue weighted by atomic mass is 35.5. The van der Waals surface area contributed by atoms with Gasteiger partial charge in [-0.05, 0) is 43.3 Å². The van der Waals surface area contributed by atoms with Crippen molar-refractivity contribution in [2.45, 2.75) is 18.6 Å². The Morgan fingerprint density at radius 1 is 1.19 bits per heavy atom. The Hall–Kier alpha value is -1.71. The maximum absolute atomic E-state index is 6.07. The number of hydrogen-bond acceptors (Lipinski definition) is 3. The van der Waals surface area contributed by atoms with Crippen LogP contribution in [0.3, 0.4) is 0 Å². The molecule has 0 saturated carbocycles. The third-order valence-electron chi connectivity index (χ3n) is 3.69. The van der Waals surface area contributed by atoms with E-state index in [1.165, 1.54) is 5.56 Å². The lowest BCUT2D eigenvalue weighted by molar-refractivity contribution is 0.0641. The number of hydrogen-bond donors (Lipinski definition) is 1. The summed E-state index contributed by atoms with van der Waals surface area (Å²) in [6.07, 6.45) is 0.816. The van der Waals surface area contributed by atoms with E-state index in [4.69, 9.17) is 21.1 Å². The minimum Gasteiger partial charge on any atom is -0.486 e. The van der Waals surface area contributed by atoms with Crippen LogP contribution in [0.15, 0.2) is 48.5 Å². The lowest BCUT2D eigenvalue weighted by Gasteiger charge is -2.32. The summed E-state index contributed by atoms with van der Waals surface area (Å²) in [6.45, 7) is 0.545. The van der Waals surface area contributed by atoms with Gasteiger partial charge in [0.1, 0.15) is 12.7 Å². The molecule has 2 aromatic rings. The molecule has 1 heterocycles. The van der Waals surface area contributed by atoms with Gasteiger partial charge in [0, 0.05) is 5.02 Å². The molecule has 0 spiro atoms. The van der Waals surface area contributed by atoms with Crippen molar-refractivity contribution >= 4 is 11.6 Å². The quantitative estimate of drug-likeness (QED) is 0.940. The molecule has 2 aromatic carbocycles. The van der Waals surface area contributed by atoms with Gasteiger partial charge in [0.05, 0.1) is 6.04 Å². The first-order chi connectivity index (χ1) is 10.3. The van der Waals surface area contributed by atoms with Crippen LogP contribution in [0.5, 0.6) is 11.5 Å². The van der Waals surface area contributed by atoms with Gasteiger partial charge in [0.25, 0.3) is 0 Å². The largest absolute Gasteiger partial charge is 0.486 e. The number of para-hydroxylation sites is 2. The Labute approximate surface area is 129 Å². The van der Waals surface area contributed by atoms with E-state index in [-0.39, 0.29) is 12.1 Å². The Bertz CT molecular complexity index is 617. The van der Waals surface area contributed by atoms with Crippen LogP contribution in [0, 0.1) is 0 Å². The van der Waals surface area contributed by atoms with Crippen LogP contribution >= 0.6 is 11.6 Å². The molecule has 0 saturated heterocycles. The van der Waals surface area contributed by atoms with Crippen LogP contribution in [0.25, 0.3) is 0 Å². The van der Waals surface area contributed by atoms with Crippen molar-refractivity contribution in [2.24, 2.45) is 0 Å². The molecule has 1 N–H and O–H groups in total. The lowest BCUT2D eigenvalue weighted by atomic mass is 10.0. The topological polar surface area (TPSA) is 30.5 Å². The fourth-order valence-electron chi connectivity index (χ4n) is 2.57. The number of nitrogens with one attached hydrogen (secondary N) is 1. The Morgan fingerprint density at radius 2 is 2.00 bits per heavy atom. The first kappa shape index (κ1) is 14.2. The minimum atomic E-state index is -0.0242. The third-order valence-corrected chi connectivity index (χ3v) is 3.93. The van der Waals surface area contributed by atoms with Gasteiger partial charge in [-0.2, -0.15) is 0 Å². The predicted molar refractivity (Wildman–Crippen MR) is 84.4 cm³/mol. The molecule has 3 nitrogen and oxygen atoms in total. The zero-order valence-electron chi connectivity index (χ0n) is 11.9. The number of fused-ring (bicyclic) bond motifs is 1. The number of likely N-dealkylation sites (N-methyl/N-ethyl adjacent to an activating group) is 1. The second kappa shape index (κ2) is 6.37. The third kappa shape index (κ3) is 3.31. The van der Waals surface area contributed by atoms with Gasteiger partial charge in [-0.1, -0.05) is 35.9 Å². The van der Waals surface area contributed by atoms with Crippen LogP contribution in [0.4, 0.5) is 0 Å². The van der Waals surface area contributed by atoms with Crippen molar-refractivity contribution in [3.05, 3.63) is 59.1 Å². The van der Waals surface area contributed by atoms with Gasteiger partial charge in [-0.3, -0.25) is 0 Å². The number of rotatable bonds is 4. The van der Waals surface area contributed by atoms with Gasteiger partial charge in [-0.25, -0.2) is 0 Å². The lowest BCUT2D eigenvalue weighted by Crippen LogP contribution is -2.47. The van der Waals surface area contributed by atoms with E-state index in [0.29, 0.717) is 6.61 Å². The highest BCUT2D eigenvalue weighted by Crippen LogP contribution is 2.32. The molecule has 110 valence electrons. The molecule has 3 rings (SSSR count). The van der Waals surface area contributed by atoms with E-state index in [9.17, 15) is 0 Å². The summed E-state index contributed by atoms with van der Waals surface area (Å²) in [6, 6.07) is 15.9. The Kier molecular flexibility index (Phi) is 4.32. The van der Waals surface area contributed by atoms with Crippen LogP contribution in [0.1, 0.15) is 5.56 Å². The molecule has 1 aliphatic heterocycles. The van der Waals surface area contributed by atoms with Gasteiger partial charge in [0.15, 0.2) is 11.5 Å². The fraction of sp³-hybridized carbons (Fsp3) is 0.294. The SMILES string of the molecule is CNC(Cc1cccc(Cl)c1)C1COc2ccccc2O1. The Morgan fingerprint density at radius 3 is 2.76 bits per heavy atom. The second-order valence-corrected chi connectivity index (χ2v) is 5.58. The molecule has 4 heteroatoms. The summed E-state index contributed by atoms with van der Waals surface area (Å²) in [5.74, 6) is 1.62. The van der Waals surface area contributed by atoms with E-state index >= 15 is 0 Å². The molecule has 2 unspecified atom stereocenters. The zero-order chi connectivity index (χ0) is 14.7. The molecule has 0 fully saturated rings. The molecule has 0 amide bonds. The molecule has 21 heavy (non-hydrogen) atoms. The van der Waals surface area contributed by atoms with Gasteiger partial charge in [-0.15, -0.1) is 0 Å². The standard InChI is InChI=1S/C17H18ClNO2/c1-19-14(10-12-5-4-6-13(18)9-12)17-11-20-15-7-2-3-8-16(15)21-17/h2-9,14,17,19H,10-11H2,1H3. The molecule has 1 aliphatic rings. The summed E-state index contributed by atoms with van der Waals surface area (Å²) in [7, 11) is 1.94. The summed E-state index contributed by atoms with van der Waals surface area (Å²) in [4.78, 5) is 0. The van der Waals surface area contributed by atoms with Crippen LogP contribution in [0.2, 0.25) is 5.02 Å². The van der Waals surface area contributed by atoms with Crippen molar-refractivity contribution in [1.82, 2.24) is 5.32 Å². The van der Waals surface area contributed by atoms with Crippen molar-refractivity contribution in [3.8, 4) is 11.5 Å². The summed E-state index contributed by atoms with van der Waals surface area (Å²) in [5, 5.41) is 4.08. The van der Waals surface area contributed by atoms with E-state index in [1.54, 1.807) is 0 Å². The number of halogens is 1. The van der Waals surface area contributed by atoms with E-state index in [0.717, 1.165) is 22.9 Å². The normalized spacial score (nSPS) is 18.3. The van der Waals surface area contributed by atoms with Gasteiger partial charge >= 0.3 is 0 Å². The Balaban J connectivity index is 1.73. The van der Waals surface area contributed by atoms with Crippen LogP contribution in [-0.4, -0.2) is 25.8 Å². The maximum Gasteiger partial charge on any atom is 0.161 e. The van der Waals surface area contributed by atoms with Gasteiger partial charge in [0.2, 0.25) is 0 Å². The first-order valence-corrected chi connectivity index (χ1v) is 7.44. The number of ether oxygens (including phenoxy) is 2. The highest BCUT2D eigenvalue weighted by molar-refractivity contribution is 6.30. The zero-order valence-corrected chi connectivity index (χ0v) is 12.6. The molecule has 2 atom stereocenters. The highest BCUT2D eigenvalue weighted by Gasteiger charge is 2.28. The van der Waals surface area contributed by atoms with E-state index in [2.05, 4.69) is 11.4 Å². The molecular formula is C17H18ClNO2. The second-order valence-electron chi connectivity index (χ2n) is 5.14. The maximum atomic E-state index is 6.07. The van der Waals surface area contributed by atoms with Crippen molar-refractivity contribution in [1.29, 1.82) is 0 Å². The van der Waals surface area contributed by atoms with Crippen molar-refractivity contribution in [2.75, 3.05) is 13.7 Å². The van der Waals surface area contributed by atoms with Crippen LogP contribution in [-0.2, 0) is 6.42 Å². The van der Waals surface area contributed by atoms with Gasteiger partial charge < -0.3 is 14.8 Å². The number of benzene rings is 2. The molecule has 0 aliphatic carbocycles. The molecule has 0 aromatic heterocycles. The smallest absolute Gasteiger partial charge is 0.161 e. The van der Waals surface area contributed by atoms with E-state index in [1.807, 2.05) is 49.5 Å². The van der Waals surface area contributed by atoms with Crippen molar-refractivity contribution < 1.29 is 9.47 Å². The molecule has 0 radical (unpaired) electrons. The minimum absolute atomic E-state index is 0.0242.